The van der Waals surface area contributed by atoms with Gasteiger partial charge in [-0.05, 0) is 50.6 Å². The van der Waals surface area contributed by atoms with Crippen LogP contribution in [0.5, 0.6) is 0 Å². The third-order valence-corrected chi connectivity index (χ3v) is 4.04. The predicted octanol–water partition coefficient (Wildman–Crippen LogP) is 2.81. The third-order valence-electron chi connectivity index (χ3n) is 4.04. The van der Waals surface area contributed by atoms with E-state index in [1.807, 2.05) is 0 Å². The van der Waals surface area contributed by atoms with Crippen LogP contribution in [0.15, 0.2) is 24.3 Å². The molecule has 2 atom stereocenters. The summed E-state index contributed by atoms with van der Waals surface area (Å²) >= 11 is 0. The number of halogens is 3. The van der Waals surface area contributed by atoms with E-state index >= 15 is 0 Å². The minimum Gasteiger partial charge on any atom is -0.390 e. The summed E-state index contributed by atoms with van der Waals surface area (Å²) in [6.07, 6.45) is -2.50. The Bertz CT molecular complexity index is 473. The van der Waals surface area contributed by atoms with E-state index < -0.39 is 17.8 Å². The first-order valence-corrected chi connectivity index (χ1v) is 7.67. The molecule has 124 valence electrons. The van der Waals surface area contributed by atoms with Crippen LogP contribution in [0.3, 0.4) is 0 Å². The van der Waals surface area contributed by atoms with Crippen LogP contribution < -0.4 is 5.32 Å². The van der Waals surface area contributed by atoms with Gasteiger partial charge in [0, 0.05) is 19.1 Å². The zero-order chi connectivity index (χ0) is 16.2. The Labute approximate surface area is 129 Å². The van der Waals surface area contributed by atoms with Crippen LogP contribution in [-0.2, 0) is 6.18 Å². The highest BCUT2D eigenvalue weighted by Crippen LogP contribution is 2.30. The highest BCUT2D eigenvalue weighted by Gasteiger charge is 2.30. The van der Waals surface area contributed by atoms with Gasteiger partial charge < -0.3 is 15.3 Å². The van der Waals surface area contributed by atoms with E-state index in [-0.39, 0.29) is 6.04 Å². The SMILES string of the molecule is CC(NCC(O)CN1CCCC1)c1cccc(C(F)(F)F)c1. The molecule has 0 radical (unpaired) electrons. The van der Waals surface area contributed by atoms with Crippen LogP contribution in [0.2, 0.25) is 0 Å². The first-order valence-electron chi connectivity index (χ1n) is 7.67. The Morgan fingerprint density at radius 2 is 1.95 bits per heavy atom. The number of hydrogen-bond donors (Lipinski definition) is 2. The first kappa shape index (κ1) is 17.2. The molecule has 2 N–H and O–H groups in total. The molecule has 1 aliphatic rings. The minimum atomic E-state index is -4.33. The van der Waals surface area contributed by atoms with Gasteiger partial charge in [0.05, 0.1) is 11.7 Å². The van der Waals surface area contributed by atoms with E-state index in [2.05, 4.69) is 10.2 Å². The van der Waals surface area contributed by atoms with Crippen LogP contribution >= 0.6 is 0 Å². The standard InChI is InChI=1S/C16H23F3N2O/c1-12(13-5-4-6-14(9-13)16(17,18)19)20-10-15(22)11-21-7-2-3-8-21/h4-6,9,12,15,20,22H,2-3,7-8,10-11H2,1H3. The number of nitrogens with zero attached hydrogens (tertiary/aromatic N) is 1. The number of β-amino-alcohol motifs (C(OH)–C–C–N with tert-alkyl or cyclic N) is 1. The lowest BCUT2D eigenvalue weighted by molar-refractivity contribution is -0.137. The molecule has 1 saturated heterocycles. The van der Waals surface area contributed by atoms with E-state index in [0.29, 0.717) is 18.7 Å². The van der Waals surface area contributed by atoms with Gasteiger partial charge in [0.15, 0.2) is 0 Å². The van der Waals surface area contributed by atoms with Crippen LogP contribution in [0.1, 0.15) is 36.9 Å². The number of nitrogens with one attached hydrogen (secondary N) is 1. The van der Waals surface area contributed by atoms with Crippen molar-refractivity contribution in [3.05, 3.63) is 35.4 Å². The summed E-state index contributed by atoms with van der Waals surface area (Å²) in [4.78, 5) is 2.21. The lowest BCUT2D eigenvalue weighted by atomic mass is 10.0. The zero-order valence-corrected chi connectivity index (χ0v) is 12.7. The molecular formula is C16H23F3N2O. The molecule has 0 amide bonds. The van der Waals surface area contributed by atoms with Crippen molar-refractivity contribution in [1.29, 1.82) is 0 Å². The highest BCUT2D eigenvalue weighted by atomic mass is 19.4. The molecule has 0 aromatic heterocycles. The summed E-state index contributed by atoms with van der Waals surface area (Å²) in [7, 11) is 0. The molecule has 2 rings (SSSR count). The fourth-order valence-corrected chi connectivity index (χ4v) is 2.74. The summed E-state index contributed by atoms with van der Waals surface area (Å²) < 4.78 is 38.1. The number of rotatable bonds is 6. The average molecular weight is 316 g/mol. The average Bonchev–Trinajstić information content (AvgIpc) is 2.97. The van der Waals surface area contributed by atoms with Crippen LogP contribution in [0.4, 0.5) is 13.2 Å². The van der Waals surface area contributed by atoms with Crippen LogP contribution in [-0.4, -0.2) is 42.3 Å². The number of likely N-dealkylation sites (tertiary alicyclic amines) is 1. The van der Waals surface area contributed by atoms with E-state index in [0.717, 1.165) is 25.2 Å². The molecule has 1 heterocycles. The van der Waals surface area contributed by atoms with E-state index in [9.17, 15) is 18.3 Å². The van der Waals surface area contributed by atoms with Gasteiger partial charge in [-0.1, -0.05) is 12.1 Å². The normalized spacial score (nSPS) is 19.3. The van der Waals surface area contributed by atoms with Crippen molar-refractivity contribution in [2.45, 2.75) is 38.1 Å². The minimum absolute atomic E-state index is 0.240. The molecule has 3 nitrogen and oxygen atoms in total. The van der Waals surface area contributed by atoms with Crippen molar-refractivity contribution in [3.63, 3.8) is 0 Å². The summed E-state index contributed by atoms with van der Waals surface area (Å²) in [5, 5.41) is 13.1. The fourth-order valence-electron chi connectivity index (χ4n) is 2.74. The Morgan fingerprint density at radius 3 is 2.59 bits per heavy atom. The van der Waals surface area contributed by atoms with Crippen molar-refractivity contribution < 1.29 is 18.3 Å². The zero-order valence-electron chi connectivity index (χ0n) is 12.7. The first-order chi connectivity index (χ1) is 10.4. The summed E-state index contributed by atoms with van der Waals surface area (Å²) in [5.41, 5.74) is -0.0699. The number of alkyl halides is 3. The number of benzene rings is 1. The lowest BCUT2D eigenvalue weighted by Gasteiger charge is -2.22. The molecule has 0 spiro atoms. The largest absolute Gasteiger partial charge is 0.416 e. The van der Waals surface area contributed by atoms with Crippen molar-refractivity contribution in [3.8, 4) is 0 Å². The van der Waals surface area contributed by atoms with E-state index in [4.69, 9.17) is 0 Å². The van der Waals surface area contributed by atoms with E-state index in [1.165, 1.54) is 18.9 Å². The Kier molecular flexibility index (Phi) is 5.83. The number of aliphatic hydroxyl groups is 1. The van der Waals surface area contributed by atoms with Gasteiger partial charge in [-0.15, -0.1) is 0 Å². The molecular weight excluding hydrogens is 293 g/mol. The lowest BCUT2D eigenvalue weighted by Crippen LogP contribution is -2.37. The Morgan fingerprint density at radius 1 is 1.27 bits per heavy atom. The molecule has 1 aromatic rings. The Balaban J connectivity index is 1.85. The maximum atomic E-state index is 12.7. The number of hydrogen-bond acceptors (Lipinski definition) is 3. The smallest absolute Gasteiger partial charge is 0.390 e. The van der Waals surface area contributed by atoms with Gasteiger partial charge in [-0.2, -0.15) is 13.2 Å². The quantitative estimate of drug-likeness (QED) is 0.847. The molecule has 1 aliphatic heterocycles. The second-order valence-electron chi connectivity index (χ2n) is 5.91. The molecule has 0 saturated carbocycles. The number of aliphatic hydroxyl groups excluding tert-OH is 1. The van der Waals surface area contributed by atoms with Crippen molar-refractivity contribution in [2.24, 2.45) is 0 Å². The summed E-state index contributed by atoms with van der Waals surface area (Å²) in [5.74, 6) is 0. The summed E-state index contributed by atoms with van der Waals surface area (Å²) in [6, 6.07) is 5.07. The van der Waals surface area contributed by atoms with Gasteiger partial charge in [0.1, 0.15) is 0 Å². The Hall–Kier alpha value is -1.11. The molecule has 2 unspecified atom stereocenters. The van der Waals surface area contributed by atoms with Crippen molar-refractivity contribution in [1.82, 2.24) is 10.2 Å². The van der Waals surface area contributed by atoms with Crippen LogP contribution in [0.25, 0.3) is 0 Å². The molecule has 0 bridgehead atoms. The van der Waals surface area contributed by atoms with Gasteiger partial charge in [0.2, 0.25) is 0 Å². The molecule has 1 fully saturated rings. The van der Waals surface area contributed by atoms with Gasteiger partial charge in [0.25, 0.3) is 0 Å². The van der Waals surface area contributed by atoms with Gasteiger partial charge in [-0.3, -0.25) is 0 Å². The van der Waals surface area contributed by atoms with Gasteiger partial charge in [-0.25, -0.2) is 0 Å². The molecule has 6 heteroatoms. The summed E-state index contributed by atoms with van der Waals surface area (Å²) in [6.45, 7) is 4.81. The predicted molar refractivity (Wildman–Crippen MR) is 79.5 cm³/mol. The van der Waals surface area contributed by atoms with E-state index in [1.54, 1.807) is 13.0 Å². The van der Waals surface area contributed by atoms with Gasteiger partial charge >= 0.3 is 6.18 Å². The maximum Gasteiger partial charge on any atom is 0.416 e. The second kappa shape index (κ2) is 7.44. The van der Waals surface area contributed by atoms with Crippen LogP contribution in [0, 0.1) is 0 Å². The topological polar surface area (TPSA) is 35.5 Å². The van der Waals surface area contributed by atoms with Crippen molar-refractivity contribution >= 4 is 0 Å². The molecule has 22 heavy (non-hydrogen) atoms. The fraction of sp³-hybridized carbons (Fsp3) is 0.625. The monoisotopic (exact) mass is 316 g/mol. The maximum absolute atomic E-state index is 12.7. The molecule has 1 aromatic carbocycles. The third kappa shape index (κ3) is 4.97. The van der Waals surface area contributed by atoms with Crippen molar-refractivity contribution in [2.75, 3.05) is 26.2 Å². The highest BCUT2D eigenvalue weighted by molar-refractivity contribution is 5.27. The molecule has 0 aliphatic carbocycles. The second-order valence-corrected chi connectivity index (χ2v) is 5.91.